The molecule has 1 aliphatic heterocycles. The Kier molecular flexibility index (Phi) is 3.94. The molecular formula is C16H15BrN2O. The summed E-state index contributed by atoms with van der Waals surface area (Å²) in [5.41, 5.74) is 3.20. The minimum atomic E-state index is -0.0644. The van der Waals surface area contributed by atoms with Gasteiger partial charge in [0.15, 0.2) is 0 Å². The van der Waals surface area contributed by atoms with Crippen molar-refractivity contribution in [3.63, 3.8) is 0 Å². The van der Waals surface area contributed by atoms with Crippen LogP contribution < -0.4 is 5.32 Å². The van der Waals surface area contributed by atoms with Crippen LogP contribution in [0.25, 0.3) is 0 Å². The molecule has 2 heterocycles. The summed E-state index contributed by atoms with van der Waals surface area (Å²) < 4.78 is 0.929. The van der Waals surface area contributed by atoms with Crippen molar-refractivity contribution in [1.29, 1.82) is 0 Å². The van der Waals surface area contributed by atoms with Crippen LogP contribution in [0, 0.1) is 0 Å². The molecule has 0 radical (unpaired) electrons. The number of hydrogen-bond donors (Lipinski definition) is 1. The molecule has 3 rings (SSSR count). The zero-order valence-electron chi connectivity index (χ0n) is 11.0. The van der Waals surface area contributed by atoms with Crippen molar-refractivity contribution >= 4 is 21.7 Å². The number of benzene rings is 1. The fourth-order valence-electron chi connectivity index (χ4n) is 2.60. The van der Waals surface area contributed by atoms with E-state index in [1.807, 2.05) is 24.3 Å². The third kappa shape index (κ3) is 2.81. The second-order valence-electron chi connectivity index (χ2n) is 4.99. The van der Waals surface area contributed by atoms with Gasteiger partial charge >= 0.3 is 0 Å². The van der Waals surface area contributed by atoms with Gasteiger partial charge in [0.25, 0.3) is 0 Å². The molecule has 0 aliphatic carbocycles. The van der Waals surface area contributed by atoms with E-state index in [4.69, 9.17) is 0 Å². The van der Waals surface area contributed by atoms with Crippen LogP contribution in [0.3, 0.4) is 0 Å². The molecule has 1 aliphatic rings. The van der Waals surface area contributed by atoms with Crippen molar-refractivity contribution in [1.82, 2.24) is 10.3 Å². The molecule has 1 atom stereocenters. The van der Waals surface area contributed by atoms with Crippen LogP contribution in [-0.2, 0) is 17.8 Å². The number of fused-ring (bicyclic) bond motifs is 1. The summed E-state index contributed by atoms with van der Waals surface area (Å²) >= 11 is 3.35. The highest BCUT2D eigenvalue weighted by molar-refractivity contribution is 9.10. The Balaban J connectivity index is 1.80. The predicted molar refractivity (Wildman–Crippen MR) is 81.5 cm³/mol. The Morgan fingerprint density at radius 3 is 2.95 bits per heavy atom. The van der Waals surface area contributed by atoms with Crippen LogP contribution in [-0.4, -0.2) is 17.3 Å². The predicted octanol–water partition coefficient (Wildman–Crippen LogP) is 2.84. The lowest BCUT2D eigenvalue weighted by Crippen LogP contribution is -2.33. The zero-order valence-corrected chi connectivity index (χ0v) is 12.6. The second kappa shape index (κ2) is 5.85. The van der Waals surface area contributed by atoms with Crippen LogP contribution in [0.5, 0.6) is 0 Å². The van der Waals surface area contributed by atoms with Gasteiger partial charge in [-0.2, -0.15) is 0 Å². The first-order valence-corrected chi connectivity index (χ1v) is 7.45. The van der Waals surface area contributed by atoms with Crippen molar-refractivity contribution in [2.24, 2.45) is 0 Å². The number of carbonyl (C=O) groups is 1. The second-order valence-corrected chi connectivity index (χ2v) is 5.91. The highest BCUT2D eigenvalue weighted by Crippen LogP contribution is 2.25. The molecule has 0 saturated heterocycles. The molecule has 4 heteroatoms. The number of aromatic nitrogens is 1. The Morgan fingerprint density at radius 1 is 1.30 bits per heavy atom. The molecule has 1 aromatic carbocycles. The molecular weight excluding hydrogens is 316 g/mol. The summed E-state index contributed by atoms with van der Waals surface area (Å²) in [6.07, 6.45) is 2.11. The lowest BCUT2D eigenvalue weighted by molar-refractivity contribution is -0.120. The highest BCUT2D eigenvalue weighted by Gasteiger charge is 2.25. The van der Waals surface area contributed by atoms with Crippen LogP contribution in [0.15, 0.2) is 47.1 Å². The molecule has 1 aromatic heterocycles. The third-order valence-electron chi connectivity index (χ3n) is 3.63. The Labute approximate surface area is 126 Å². The number of halogens is 1. The zero-order chi connectivity index (χ0) is 13.9. The molecule has 0 bridgehead atoms. The van der Waals surface area contributed by atoms with Gasteiger partial charge in [-0.25, -0.2) is 0 Å². The van der Waals surface area contributed by atoms with Crippen LogP contribution in [0.4, 0.5) is 0 Å². The first-order chi connectivity index (χ1) is 9.74. The average molecular weight is 331 g/mol. The van der Waals surface area contributed by atoms with E-state index < -0.39 is 0 Å². The van der Waals surface area contributed by atoms with E-state index in [1.54, 1.807) is 6.20 Å². The SMILES string of the molecule is O=C(Cc1ccc(Br)cn1)C1CNCc2ccccc21. The number of hydrogen-bond acceptors (Lipinski definition) is 3. The van der Waals surface area contributed by atoms with Crippen molar-refractivity contribution < 1.29 is 4.79 Å². The normalized spacial score (nSPS) is 17.6. The molecule has 102 valence electrons. The topological polar surface area (TPSA) is 42.0 Å². The average Bonchev–Trinajstić information content (AvgIpc) is 2.49. The molecule has 0 fully saturated rings. The van der Waals surface area contributed by atoms with Crippen LogP contribution in [0.2, 0.25) is 0 Å². The van der Waals surface area contributed by atoms with Crippen molar-refractivity contribution in [2.45, 2.75) is 18.9 Å². The first kappa shape index (κ1) is 13.5. The van der Waals surface area contributed by atoms with Gasteiger partial charge in [-0.1, -0.05) is 24.3 Å². The van der Waals surface area contributed by atoms with E-state index in [2.05, 4.69) is 38.4 Å². The number of ketones is 1. The van der Waals surface area contributed by atoms with Gasteiger partial charge in [-0.3, -0.25) is 9.78 Å². The number of carbonyl (C=O) groups excluding carboxylic acids is 1. The van der Waals surface area contributed by atoms with Crippen molar-refractivity contribution in [3.05, 3.63) is 63.9 Å². The molecule has 1 N–H and O–H groups in total. The summed E-state index contributed by atoms with van der Waals surface area (Å²) in [5, 5.41) is 3.32. The van der Waals surface area contributed by atoms with E-state index in [0.29, 0.717) is 13.0 Å². The minimum absolute atomic E-state index is 0.0644. The quantitative estimate of drug-likeness (QED) is 0.940. The summed E-state index contributed by atoms with van der Waals surface area (Å²) in [7, 11) is 0. The third-order valence-corrected chi connectivity index (χ3v) is 4.10. The van der Waals surface area contributed by atoms with Gasteiger partial charge in [0.1, 0.15) is 5.78 Å². The number of Topliss-reactive ketones (excluding diaryl/α,β-unsaturated/α-hetero) is 1. The van der Waals surface area contributed by atoms with Gasteiger partial charge in [-0.15, -0.1) is 0 Å². The van der Waals surface area contributed by atoms with Gasteiger partial charge in [-0.05, 0) is 39.2 Å². The summed E-state index contributed by atoms with van der Waals surface area (Å²) in [6, 6.07) is 12.0. The Bertz CT molecular complexity index is 625. The highest BCUT2D eigenvalue weighted by atomic mass is 79.9. The Morgan fingerprint density at radius 2 is 2.15 bits per heavy atom. The van der Waals surface area contributed by atoms with E-state index in [1.165, 1.54) is 5.56 Å². The van der Waals surface area contributed by atoms with Crippen LogP contribution in [0.1, 0.15) is 22.7 Å². The maximum atomic E-state index is 12.5. The summed E-state index contributed by atoms with van der Waals surface area (Å²) in [4.78, 5) is 16.8. The molecule has 2 aromatic rings. The maximum Gasteiger partial charge on any atom is 0.147 e. The largest absolute Gasteiger partial charge is 0.312 e. The number of nitrogens with zero attached hydrogens (tertiary/aromatic N) is 1. The number of pyridine rings is 1. The van der Waals surface area contributed by atoms with E-state index in [-0.39, 0.29) is 11.7 Å². The number of rotatable bonds is 3. The van der Waals surface area contributed by atoms with Crippen LogP contribution >= 0.6 is 15.9 Å². The lowest BCUT2D eigenvalue weighted by atomic mass is 9.86. The maximum absolute atomic E-state index is 12.5. The molecule has 20 heavy (non-hydrogen) atoms. The number of nitrogens with one attached hydrogen (secondary N) is 1. The van der Waals surface area contributed by atoms with E-state index in [9.17, 15) is 4.79 Å². The Hall–Kier alpha value is -1.52. The summed E-state index contributed by atoms with van der Waals surface area (Å²) in [5.74, 6) is 0.157. The molecule has 0 saturated carbocycles. The monoisotopic (exact) mass is 330 g/mol. The van der Waals surface area contributed by atoms with Crippen molar-refractivity contribution in [3.8, 4) is 0 Å². The molecule has 0 spiro atoms. The fraction of sp³-hybridized carbons (Fsp3) is 0.250. The van der Waals surface area contributed by atoms with Gasteiger partial charge in [0.05, 0.1) is 5.92 Å². The molecule has 1 unspecified atom stereocenters. The first-order valence-electron chi connectivity index (χ1n) is 6.65. The molecule has 3 nitrogen and oxygen atoms in total. The van der Waals surface area contributed by atoms with Gasteiger partial charge in [0, 0.05) is 35.9 Å². The smallest absolute Gasteiger partial charge is 0.147 e. The van der Waals surface area contributed by atoms with Crippen molar-refractivity contribution in [2.75, 3.05) is 6.54 Å². The minimum Gasteiger partial charge on any atom is -0.312 e. The van der Waals surface area contributed by atoms with E-state index >= 15 is 0 Å². The lowest BCUT2D eigenvalue weighted by Gasteiger charge is -2.25. The van der Waals surface area contributed by atoms with Gasteiger partial charge in [0.2, 0.25) is 0 Å². The standard InChI is InChI=1S/C16H15BrN2O/c17-12-5-6-13(19-9-12)7-16(20)15-10-18-8-11-3-1-2-4-14(11)15/h1-6,9,15,18H,7-8,10H2. The van der Waals surface area contributed by atoms with E-state index in [0.717, 1.165) is 22.3 Å². The summed E-state index contributed by atoms with van der Waals surface area (Å²) in [6.45, 7) is 1.56. The molecule has 0 amide bonds. The fourth-order valence-corrected chi connectivity index (χ4v) is 2.83. The van der Waals surface area contributed by atoms with Gasteiger partial charge < -0.3 is 5.32 Å².